The Morgan fingerprint density at radius 1 is 0.735 bits per heavy atom. The quantitative estimate of drug-likeness (QED) is 0.229. The largest absolute Gasteiger partial charge is 0.481 e. The van der Waals surface area contributed by atoms with Crippen LogP contribution in [0.25, 0.3) is 20.4 Å². The molecule has 0 radical (unpaired) electrons. The molecule has 0 bridgehead atoms. The highest BCUT2D eigenvalue weighted by molar-refractivity contribution is 7.22. The van der Waals surface area contributed by atoms with Crippen molar-refractivity contribution in [1.82, 2.24) is 9.97 Å². The van der Waals surface area contributed by atoms with Crippen molar-refractivity contribution in [2.24, 2.45) is 0 Å². The van der Waals surface area contributed by atoms with Crippen LogP contribution in [0.2, 0.25) is 0 Å². The van der Waals surface area contributed by atoms with E-state index in [0.717, 1.165) is 23.9 Å². The van der Waals surface area contributed by atoms with Crippen molar-refractivity contribution in [3.63, 3.8) is 0 Å². The summed E-state index contributed by atoms with van der Waals surface area (Å²) in [6.45, 7) is 4.09. The molecule has 0 atom stereocenters. The summed E-state index contributed by atoms with van der Waals surface area (Å²) < 4.78 is 2.34. The van der Waals surface area contributed by atoms with Crippen molar-refractivity contribution in [2.75, 3.05) is 11.5 Å². The van der Waals surface area contributed by atoms with Gasteiger partial charge in [0.2, 0.25) is 0 Å². The number of thiazole rings is 2. The molecule has 0 amide bonds. The monoisotopic (exact) mass is 502 g/mol. The number of benzene rings is 2. The molecule has 8 nitrogen and oxygen atoms in total. The second-order valence-corrected chi connectivity index (χ2v) is 9.77. The molecule has 0 saturated carbocycles. The van der Waals surface area contributed by atoms with Crippen LogP contribution in [-0.2, 0) is 9.59 Å². The Balaban J connectivity index is 0.000000180. The molecule has 0 fully saturated rings. The zero-order valence-electron chi connectivity index (χ0n) is 19.3. The maximum Gasteiger partial charge on any atom is 0.303 e. The minimum Gasteiger partial charge on any atom is -0.481 e. The van der Waals surface area contributed by atoms with Crippen LogP contribution in [-0.4, -0.2) is 32.1 Å². The molecule has 0 saturated heterocycles. The number of hydrogen-bond donors (Lipinski definition) is 4. The molecule has 0 aliphatic rings. The summed E-state index contributed by atoms with van der Waals surface area (Å²) in [6, 6.07) is 12.2. The van der Waals surface area contributed by atoms with E-state index in [1.165, 1.54) is 43.2 Å². The van der Waals surface area contributed by atoms with Crippen LogP contribution in [0, 0.1) is 13.8 Å². The third kappa shape index (κ3) is 8.95. The van der Waals surface area contributed by atoms with Gasteiger partial charge in [0.1, 0.15) is 0 Å². The van der Waals surface area contributed by atoms with E-state index in [-0.39, 0.29) is 12.8 Å². The van der Waals surface area contributed by atoms with Crippen molar-refractivity contribution in [3.05, 3.63) is 47.5 Å². The first-order valence-electron chi connectivity index (χ1n) is 10.8. The first-order chi connectivity index (χ1) is 16.2. The lowest BCUT2D eigenvalue weighted by Crippen LogP contribution is -1.95. The number of fused-ring (bicyclic) bond motifs is 2. The number of hydrogen-bond acceptors (Lipinski definition) is 8. The zero-order valence-corrected chi connectivity index (χ0v) is 20.9. The van der Waals surface area contributed by atoms with Crippen LogP contribution in [0.5, 0.6) is 0 Å². The molecule has 34 heavy (non-hydrogen) atoms. The summed E-state index contributed by atoms with van der Waals surface area (Å²) in [5.41, 5.74) is 15.6. The van der Waals surface area contributed by atoms with Crippen molar-refractivity contribution >= 4 is 65.3 Å². The molecule has 4 rings (SSSR count). The Morgan fingerprint density at radius 2 is 1.12 bits per heavy atom. The molecule has 0 aliphatic heterocycles. The van der Waals surface area contributed by atoms with E-state index < -0.39 is 11.9 Å². The number of para-hydroxylation sites is 2. The molecule has 0 unspecified atom stereocenters. The van der Waals surface area contributed by atoms with Crippen LogP contribution >= 0.6 is 22.7 Å². The van der Waals surface area contributed by atoms with Gasteiger partial charge in [-0.1, -0.05) is 59.8 Å². The van der Waals surface area contributed by atoms with Crippen LogP contribution in [0.1, 0.15) is 49.7 Å². The van der Waals surface area contributed by atoms with Gasteiger partial charge in [-0.15, -0.1) is 0 Å². The van der Waals surface area contributed by atoms with E-state index in [2.05, 4.69) is 9.97 Å². The zero-order chi connectivity index (χ0) is 25.1. The second kappa shape index (κ2) is 13.5. The van der Waals surface area contributed by atoms with Crippen LogP contribution in [0.3, 0.4) is 0 Å². The lowest BCUT2D eigenvalue weighted by Gasteiger charge is -1.96. The molecular weight excluding hydrogens is 472 g/mol. The van der Waals surface area contributed by atoms with E-state index >= 15 is 0 Å². The van der Waals surface area contributed by atoms with E-state index in [4.69, 9.17) is 21.7 Å². The fourth-order valence-electron chi connectivity index (χ4n) is 3.11. The number of nitrogen functional groups attached to an aromatic ring is 2. The van der Waals surface area contributed by atoms with Gasteiger partial charge in [-0.3, -0.25) is 9.59 Å². The highest BCUT2D eigenvalue weighted by Gasteiger charge is 2.02. The van der Waals surface area contributed by atoms with Crippen molar-refractivity contribution in [3.8, 4) is 0 Å². The predicted octanol–water partition coefficient (Wildman–Crippen LogP) is 5.87. The number of aromatic nitrogens is 2. The molecule has 4 aromatic rings. The third-order valence-corrected chi connectivity index (χ3v) is 6.51. The smallest absolute Gasteiger partial charge is 0.303 e. The summed E-state index contributed by atoms with van der Waals surface area (Å²) in [5.74, 6) is -1.57. The second-order valence-electron chi connectivity index (χ2n) is 7.65. The summed E-state index contributed by atoms with van der Waals surface area (Å²) in [6.07, 6.45) is 3.28. The minimum absolute atomic E-state index is 0.188. The number of carboxylic acids is 2. The molecule has 10 heteroatoms. The number of unbranched alkanes of at least 4 members (excludes halogenated alkanes) is 3. The molecule has 6 N–H and O–H groups in total. The number of carboxylic acid groups (broad SMARTS) is 2. The van der Waals surface area contributed by atoms with E-state index in [0.29, 0.717) is 23.1 Å². The van der Waals surface area contributed by atoms with Gasteiger partial charge in [0.05, 0.1) is 20.4 Å². The predicted molar refractivity (Wildman–Crippen MR) is 141 cm³/mol. The summed E-state index contributed by atoms with van der Waals surface area (Å²) in [4.78, 5) is 28.5. The molecular formula is C24H30N4O4S2. The number of aryl methyl sites for hydroxylation is 2. The van der Waals surface area contributed by atoms with Gasteiger partial charge in [-0.2, -0.15) is 0 Å². The maximum atomic E-state index is 10.0. The maximum absolute atomic E-state index is 10.0. The molecule has 182 valence electrons. The Labute approximate surface area is 206 Å². The molecule has 2 aromatic heterocycles. The first kappa shape index (κ1) is 27.0. The Kier molecular flexibility index (Phi) is 10.7. The summed E-state index contributed by atoms with van der Waals surface area (Å²) in [5, 5.41) is 17.8. The Hall–Kier alpha value is -3.24. The number of anilines is 2. The lowest BCUT2D eigenvalue weighted by atomic mass is 10.1. The normalized spacial score (nSPS) is 10.3. The fourth-order valence-corrected chi connectivity index (χ4v) is 4.74. The average Bonchev–Trinajstić information content (AvgIpc) is 3.34. The van der Waals surface area contributed by atoms with Crippen molar-refractivity contribution in [2.45, 2.75) is 52.4 Å². The fraction of sp³-hybridized carbons (Fsp3) is 0.333. The van der Waals surface area contributed by atoms with Crippen molar-refractivity contribution in [1.29, 1.82) is 0 Å². The summed E-state index contributed by atoms with van der Waals surface area (Å²) in [7, 11) is 0. The number of nitrogens with two attached hydrogens (primary N) is 2. The first-order valence-corrected chi connectivity index (χ1v) is 12.5. The highest BCUT2D eigenvalue weighted by atomic mass is 32.1. The minimum atomic E-state index is -0.784. The van der Waals surface area contributed by atoms with Gasteiger partial charge in [-0.05, 0) is 49.9 Å². The Bertz CT molecular complexity index is 1140. The van der Waals surface area contributed by atoms with Crippen LogP contribution in [0.4, 0.5) is 10.3 Å². The number of rotatable bonds is 7. The van der Waals surface area contributed by atoms with E-state index in [9.17, 15) is 9.59 Å². The lowest BCUT2D eigenvalue weighted by molar-refractivity contribution is -0.138. The SMILES string of the molecule is Cc1cccc2sc(N)nc12.Cc1cccc2sc(N)nc12.O=C(O)CCCCCCC(=O)O. The van der Waals surface area contributed by atoms with Crippen molar-refractivity contribution < 1.29 is 19.8 Å². The number of carbonyl (C=O) groups is 2. The van der Waals surface area contributed by atoms with Crippen LogP contribution in [0.15, 0.2) is 36.4 Å². The number of aliphatic carboxylic acids is 2. The summed E-state index contributed by atoms with van der Waals surface area (Å²) >= 11 is 3.07. The van der Waals surface area contributed by atoms with Gasteiger partial charge < -0.3 is 21.7 Å². The highest BCUT2D eigenvalue weighted by Crippen LogP contribution is 2.26. The standard InChI is InChI=1S/2C8H8N2S.C8H14O4/c2*1-5-3-2-4-6-7(5)10-8(9)11-6;9-7(10)5-3-1-2-4-6-8(11)12/h2*2-4H,1H3,(H2,9,10);1-6H2,(H,9,10)(H,11,12). The van der Waals surface area contributed by atoms with Gasteiger partial charge in [0.15, 0.2) is 10.3 Å². The molecule has 0 spiro atoms. The van der Waals surface area contributed by atoms with Gasteiger partial charge in [-0.25, -0.2) is 9.97 Å². The number of nitrogens with zero attached hydrogens (tertiary/aromatic N) is 2. The third-order valence-electron chi connectivity index (χ3n) is 4.81. The van der Waals surface area contributed by atoms with E-state index in [1.54, 1.807) is 0 Å². The van der Waals surface area contributed by atoms with Gasteiger partial charge in [0, 0.05) is 12.8 Å². The molecule has 2 aromatic carbocycles. The van der Waals surface area contributed by atoms with E-state index in [1.807, 2.05) is 50.2 Å². The Morgan fingerprint density at radius 3 is 1.44 bits per heavy atom. The van der Waals surface area contributed by atoms with Crippen LogP contribution < -0.4 is 11.5 Å². The van der Waals surface area contributed by atoms with Gasteiger partial charge >= 0.3 is 11.9 Å². The topological polar surface area (TPSA) is 152 Å². The molecule has 0 aliphatic carbocycles. The van der Waals surface area contributed by atoms with Gasteiger partial charge in [0.25, 0.3) is 0 Å². The molecule has 2 heterocycles. The average molecular weight is 503 g/mol.